The fraction of sp³-hybridized carbons (Fsp3) is 0.250. The summed E-state index contributed by atoms with van der Waals surface area (Å²) in [6, 6.07) is 10.7. The average Bonchev–Trinajstić information content (AvgIpc) is 3.54. The van der Waals surface area contributed by atoms with Crippen LogP contribution >= 0.6 is 11.8 Å². The molecule has 5 heterocycles. The van der Waals surface area contributed by atoms with E-state index in [2.05, 4.69) is 48.2 Å². The number of hydrogen-bond acceptors (Lipinski definition) is 9. The van der Waals surface area contributed by atoms with Crippen molar-refractivity contribution in [2.45, 2.75) is 22.4 Å². The van der Waals surface area contributed by atoms with Gasteiger partial charge in [-0.05, 0) is 47.0 Å². The van der Waals surface area contributed by atoms with Crippen molar-refractivity contribution in [1.29, 1.82) is 0 Å². The van der Waals surface area contributed by atoms with E-state index in [0.29, 0.717) is 60.8 Å². The minimum atomic E-state index is -4.58. The molecule has 0 aliphatic carbocycles. The van der Waals surface area contributed by atoms with Crippen LogP contribution in [0.2, 0.25) is 0 Å². The first-order valence-electron chi connectivity index (χ1n) is 14.5. The zero-order valence-electron chi connectivity index (χ0n) is 24.1. The van der Waals surface area contributed by atoms with E-state index in [1.54, 1.807) is 30.8 Å². The van der Waals surface area contributed by atoms with Gasteiger partial charge >= 0.3 is 6.18 Å². The minimum absolute atomic E-state index is 0.0773. The number of benzene rings is 2. The number of pyridine rings is 1. The molecule has 1 fully saturated rings. The van der Waals surface area contributed by atoms with Gasteiger partial charge in [-0.25, -0.2) is 9.98 Å². The van der Waals surface area contributed by atoms with E-state index in [1.165, 1.54) is 24.0 Å². The number of alkyl halides is 3. The molecule has 0 unspecified atom stereocenters. The highest BCUT2D eigenvalue weighted by Crippen LogP contribution is 2.52. The minimum Gasteiger partial charge on any atom is -0.379 e. The number of fused-ring (bicyclic) bond motifs is 3. The summed E-state index contributed by atoms with van der Waals surface area (Å²) in [6.07, 6.45) is 4.55. The van der Waals surface area contributed by atoms with Crippen molar-refractivity contribution < 1.29 is 17.9 Å². The Hall–Kier alpha value is -4.46. The standard InChI is InChI=1S/C32H29F3N8OS/c1-20-36-17-22(3-2-6-38-40-20)21-4-5-27-29(14-21)45-30-15-25(23-13-24-19-39-41-31(24)37-18-23)26(32(33,34)35)16-28(30)43(27)8-7-42-9-11-44-12-10-42/h3-6,13-19,40H,1-2,7-12H2,(H,37,39,41)/b22-3+,36-17?,38-6-. The molecule has 3 aliphatic rings. The Morgan fingerprint density at radius 3 is 2.67 bits per heavy atom. The largest absolute Gasteiger partial charge is 0.417 e. The molecule has 4 aromatic rings. The molecule has 2 aromatic heterocycles. The lowest BCUT2D eigenvalue weighted by molar-refractivity contribution is -0.137. The summed E-state index contributed by atoms with van der Waals surface area (Å²) in [6.45, 7) is 7.93. The molecule has 3 aliphatic heterocycles. The highest BCUT2D eigenvalue weighted by molar-refractivity contribution is 7.99. The molecule has 2 aromatic carbocycles. The van der Waals surface area contributed by atoms with Crippen molar-refractivity contribution in [1.82, 2.24) is 25.5 Å². The summed E-state index contributed by atoms with van der Waals surface area (Å²) in [5.74, 6) is 0.422. The summed E-state index contributed by atoms with van der Waals surface area (Å²) in [5.41, 5.74) is 6.27. The molecule has 0 spiro atoms. The van der Waals surface area contributed by atoms with E-state index in [1.807, 2.05) is 23.1 Å². The van der Waals surface area contributed by atoms with E-state index < -0.39 is 11.7 Å². The van der Waals surface area contributed by atoms with Crippen molar-refractivity contribution in [3.63, 3.8) is 0 Å². The summed E-state index contributed by atoms with van der Waals surface area (Å²) in [5, 5.41) is 11.5. The number of allylic oxidation sites excluding steroid dienone is 2. The third-order valence-corrected chi connectivity index (χ3v) is 9.03. The maximum Gasteiger partial charge on any atom is 0.417 e. The first kappa shape index (κ1) is 29.3. The maximum atomic E-state index is 14.7. The second-order valence-electron chi connectivity index (χ2n) is 10.8. The highest BCUT2D eigenvalue weighted by Gasteiger charge is 2.37. The maximum absolute atomic E-state index is 14.7. The Kier molecular flexibility index (Phi) is 7.90. The first-order chi connectivity index (χ1) is 21.8. The summed E-state index contributed by atoms with van der Waals surface area (Å²) < 4.78 is 49.6. The number of morpholine rings is 1. The summed E-state index contributed by atoms with van der Waals surface area (Å²) in [4.78, 5) is 14.7. The van der Waals surface area contributed by atoms with Crippen molar-refractivity contribution in [2.24, 2.45) is 10.1 Å². The van der Waals surface area contributed by atoms with Crippen molar-refractivity contribution >= 4 is 52.2 Å². The van der Waals surface area contributed by atoms with Gasteiger partial charge in [0.25, 0.3) is 0 Å². The van der Waals surface area contributed by atoms with Gasteiger partial charge in [0.1, 0.15) is 5.82 Å². The number of aromatic nitrogens is 3. The molecule has 0 atom stereocenters. The second-order valence-corrected chi connectivity index (χ2v) is 11.9. The number of aromatic amines is 1. The molecule has 0 bridgehead atoms. The average molecular weight is 631 g/mol. The van der Waals surface area contributed by atoms with Crippen LogP contribution in [0, 0.1) is 0 Å². The number of anilines is 2. The highest BCUT2D eigenvalue weighted by atomic mass is 32.2. The van der Waals surface area contributed by atoms with Gasteiger partial charge in [0.2, 0.25) is 0 Å². The van der Waals surface area contributed by atoms with E-state index in [-0.39, 0.29) is 5.56 Å². The number of hydrazone groups is 1. The molecule has 9 nitrogen and oxygen atoms in total. The lowest BCUT2D eigenvalue weighted by Gasteiger charge is -2.36. The van der Waals surface area contributed by atoms with Crippen LogP contribution < -0.4 is 10.3 Å². The monoisotopic (exact) mass is 630 g/mol. The number of ether oxygens (including phenoxy) is 1. The molecule has 230 valence electrons. The topological polar surface area (TPSA) is 94.0 Å². The van der Waals surface area contributed by atoms with Crippen LogP contribution in [0.3, 0.4) is 0 Å². The van der Waals surface area contributed by atoms with Gasteiger partial charge in [-0.2, -0.15) is 23.4 Å². The van der Waals surface area contributed by atoms with Gasteiger partial charge in [-0.15, -0.1) is 0 Å². The molecule has 45 heavy (non-hydrogen) atoms. The smallest absolute Gasteiger partial charge is 0.379 e. The van der Waals surface area contributed by atoms with Gasteiger partial charge in [0.05, 0.1) is 36.3 Å². The number of hydrogen-bond donors (Lipinski definition) is 2. The fourth-order valence-corrected chi connectivity index (χ4v) is 6.80. The molecule has 0 saturated carbocycles. The molecule has 1 saturated heterocycles. The van der Waals surface area contributed by atoms with Crippen LogP contribution in [0.25, 0.3) is 27.7 Å². The Labute approximate surface area is 261 Å². The number of aliphatic imine (C=N–C) groups is 1. The van der Waals surface area contributed by atoms with Gasteiger partial charge in [0.15, 0.2) is 5.65 Å². The van der Waals surface area contributed by atoms with Crippen LogP contribution in [0.4, 0.5) is 24.5 Å². The van der Waals surface area contributed by atoms with Crippen LogP contribution in [0.5, 0.6) is 0 Å². The van der Waals surface area contributed by atoms with Crippen molar-refractivity contribution in [3.8, 4) is 11.1 Å². The number of nitrogens with zero attached hydrogens (tertiary/aromatic N) is 6. The first-order valence-corrected chi connectivity index (χ1v) is 15.3. The van der Waals surface area contributed by atoms with Crippen molar-refractivity contribution in [2.75, 3.05) is 44.3 Å². The second kappa shape index (κ2) is 12.1. The van der Waals surface area contributed by atoms with Crippen molar-refractivity contribution in [3.05, 3.63) is 78.4 Å². The Morgan fingerprint density at radius 2 is 1.82 bits per heavy atom. The Morgan fingerprint density at radius 1 is 0.978 bits per heavy atom. The Balaban J connectivity index is 1.33. The zero-order chi connectivity index (χ0) is 31.0. The van der Waals surface area contributed by atoms with Gasteiger partial charge in [-0.1, -0.05) is 30.5 Å². The van der Waals surface area contributed by atoms with Crippen LogP contribution in [0.1, 0.15) is 17.5 Å². The molecular formula is C32H29F3N8OS. The van der Waals surface area contributed by atoms with Crippen LogP contribution in [0.15, 0.2) is 87.2 Å². The van der Waals surface area contributed by atoms with Gasteiger partial charge < -0.3 is 9.64 Å². The molecule has 0 radical (unpaired) electrons. The molecule has 7 rings (SSSR count). The van der Waals surface area contributed by atoms with E-state index in [4.69, 9.17) is 4.74 Å². The zero-order valence-corrected chi connectivity index (χ0v) is 25.0. The van der Waals surface area contributed by atoms with Gasteiger partial charge in [-0.3, -0.25) is 15.4 Å². The number of rotatable bonds is 5. The van der Waals surface area contributed by atoms with Crippen LogP contribution in [-0.4, -0.2) is 71.9 Å². The van der Waals surface area contributed by atoms with E-state index in [9.17, 15) is 13.2 Å². The molecule has 0 amide bonds. The number of nitrogens with one attached hydrogen (secondary N) is 2. The molecule has 2 N–H and O–H groups in total. The molecule has 13 heteroatoms. The van der Waals surface area contributed by atoms with E-state index in [0.717, 1.165) is 39.7 Å². The Bertz CT molecular complexity index is 1860. The van der Waals surface area contributed by atoms with Crippen LogP contribution in [-0.2, 0) is 10.9 Å². The summed E-state index contributed by atoms with van der Waals surface area (Å²) >= 11 is 1.46. The number of halogens is 3. The predicted octanol–water partition coefficient (Wildman–Crippen LogP) is 6.48. The lowest BCUT2D eigenvalue weighted by Crippen LogP contribution is -2.41. The third-order valence-electron chi connectivity index (χ3n) is 7.93. The lowest BCUT2D eigenvalue weighted by atomic mass is 9.98. The normalized spacial score (nSPS) is 19.1. The quantitative estimate of drug-likeness (QED) is 0.261. The number of H-pyrrole nitrogens is 1. The third kappa shape index (κ3) is 6.10. The SMILES string of the molecule is C=C1N=C/C(c2ccc3c(c2)Sc2cc(-c4cnc5[nH]ncc5c4)c(C(F)(F)F)cc2N3CCN2CCOCC2)=C\C/C=N\N1. The molecular weight excluding hydrogens is 601 g/mol. The predicted molar refractivity (Wildman–Crippen MR) is 171 cm³/mol. The summed E-state index contributed by atoms with van der Waals surface area (Å²) in [7, 11) is 0. The van der Waals surface area contributed by atoms with Gasteiger partial charge in [0, 0.05) is 72.0 Å². The fourth-order valence-electron chi connectivity index (χ4n) is 5.65. The van der Waals surface area contributed by atoms with E-state index >= 15 is 0 Å².